The van der Waals surface area contributed by atoms with Crippen molar-refractivity contribution in [1.82, 2.24) is 0 Å². The van der Waals surface area contributed by atoms with Gasteiger partial charge in [-0.25, -0.2) is 0 Å². The fourth-order valence-corrected chi connectivity index (χ4v) is 5.66. The number of aldehydes is 1. The van der Waals surface area contributed by atoms with E-state index in [2.05, 4.69) is 31.2 Å². The number of ether oxygens (including phenoxy) is 2. The Morgan fingerprint density at radius 1 is 0.703 bits per heavy atom. The third kappa shape index (κ3) is 11.8. The fraction of sp³-hybridized carbons (Fsp3) is 0.618. The quantitative estimate of drug-likeness (QED) is 0.140. The molecule has 0 heterocycles. The number of hydrogen-bond acceptors (Lipinski definition) is 3. The van der Waals surface area contributed by atoms with E-state index in [1.165, 1.54) is 95.5 Å². The highest BCUT2D eigenvalue weighted by atomic mass is 16.5. The first-order valence-electron chi connectivity index (χ1n) is 15.2. The largest absolute Gasteiger partial charge is 0.494 e. The predicted octanol–water partition coefficient (Wildman–Crippen LogP) is 9.93. The van der Waals surface area contributed by atoms with Gasteiger partial charge in [0.2, 0.25) is 0 Å². The predicted molar refractivity (Wildman–Crippen MR) is 155 cm³/mol. The highest BCUT2D eigenvalue weighted by molar-refractivity contribution is 5.74. The highest BCUT2D eigenvalue weighted by Crippen LogP contribution is 2.38. The second-order valence-electron chi connectivity index (χ2n) is 11.0. The van der Waals surface area contributed by atoms with Crippen LogP contribution in [0.15, 0.2) is 48.5 Å². The minimum Gasteiger partial charge on any atom is -0.494 e. The van der Waals surface area contributed by atoms with Crippen molar-refractivity contribution < 1.29 is 14.3 Å². The van der Waals surface area contributed by atoms with Crippen LogP contribution in [0.1, 0.15) is 131 Å². The summed E-state index contributed by atoms with van der Waals surface area (Å²) in [7, 11) is 0. The van der Waals surface area contributed by atoms with Crippen LogP contribution in [0.25, 0.3) is 0 Å². The Bertz CT molecular complexity index is 842. The summed E-state index contributed by atoms with van der Waals surface area (Å²) in [6.45, 7) is 3.88. The van der Waals surface area contributed by atoms with E-state index in [4.69, 9.17) is 9.47 Å². The summed E-state index contributed by atoms with van der Waals surface area (Å²) in [4.78, 5) is 10.7. The lowest BCUT2D eigenvalue weighted by Gasteiger charge is -2.29. The normalized spacial score (nSPS) is 17.4. The van der Waals surface area contributed by atoms with E-state index in [0.29, 0.717) is 5.56 Å². The van der Waals surface area contributed by atoms with E-state index in [1.54, 1.807) is 12.1 Å². The van der Waals surface area contributed by atoms with Crippen molar-refractivity contribution in [1.29, 1.82) is 0 Å². The molecule has 0 saturated heterocycles. The van der Waals surface area contributed by atoms with Crippen LogP contribution in [-0.2, 0) is 0 Å². The Labute approximate surface area is 226 Å². The molecule has 2 atom stereocenters. The van der Waals surface area contributed by atoms with Gasteiger partial charge in [-0.3, -0.25) is 4.79 Å². The van der Waals surface area contributed by atoms with Crippen LogP contribution < -0.4 is 9.47 Å². The molecule has 2 aromatic carbocycles. The molecule has 37 heavy (non-hydrogen) atoms. The lowest BCUT2D eigenvalue weighted by molar-refractivity contribution is 0.112. The molecule has 0 aromatic heterocycles. The van der Waals surface area contributed by atoms with Gasteiger partial charge in [0.15, 0.2) is 0 Å². The Hall–Kier alpha value is -2.29. The van der Waals surface area contributed by atoms with Crippen LogP contribution in [0.4, 0.5) is 0 Å². The number of hydrogen-bond donors (Lipinski definition) is 0. The van der Waals surface area contributed by atoms with Gasteiger partial charge >= 0.3 is 0 Å². The molecular weight excluding hydrogens is 456 g/mol. The first-order valence-corrected chi connectivity index (χ1v) is 15.2. The lowest BCUT2D eigenvalue weighted by atomic mass is 9.76. The Morgan fingerprint density at radius 3 is 1.84 bits per heavy atom. The molecule has 2 aromatic rings. The molecule has 0 radical (unpaired) electrons. The number of carbonyl (C=O) groups is 1. The molecule has 1 aliphatic carbocycles. The maximum Gasteiger partial charge on any atom is 0.150 e. The molecule has 3 rings (SSSR count). The molecule has 0 amide bonds. The van der Waals surface area contributed by atoms with Gasteiger partial charge in [-0.05, 0) is 79.5 Å². The second kappa shape index (κ2) is 18.0. The zero-order valence-electron chi connectivity index (χ0n) is 23.3. The Balaban J connectivity index is 1.15. The van der Waals surface area contributed by atoms with Crippen molar-refractivity contribution in [2.75, 3.05) is 13.2 Å². The Morgan fingerprint density at radius 2 is 1.27 bits per heavy atom. The summed E-state index contributed by atoms with van der Waals surface area (Å²) in [5.74, 6) is 3.57. The van der Waals surface area contributed by atoms with E-state index in [9.17, 15) is 4.79 Å². The van der Waals surface area contributed by atoms with Crippen LogP contribution >= 0.6 is 0 Å². The van der Waals surface area contributed by atoms with Crippen molar-refractivity contribution in [2.24, 2.45) is 5.92 Å². The molecule has 3 nitrogen and oxygen atoms in total. The number of rotatable bonds is 19. The smallest absolute Gasteiger partial charge is 0.150 e. The van der Waals surface area contributed by atoms with Gasteiger partial charge in [-0.15, -0.1) is 0 Å². The van der Waals surface area contributed by atoms with E-state index in [0.717, 1.165) is 55.7 Å². The lowest BCUT2D eigenvalue weighted by Crippen LogP contribution is -2.14. The van der Waals surface area contributed by atoms with Gasteiger partial charge in [-0.2, -0.15) is 0 Å². The molecule has 0 bridgehead atoms. The molecule has 1 aliphatic rings. The maximum absolute atomic E-state index is 10.7. The van der Waals surface area contributed by atoms with Gasteiger partial charge in [0.05, 0.1) is 13.2 Å². The topological polar surface area (TPSA) is 35.5 Å². The van der Waals surface area contributed by atoms with Crippen LogP contribution in [-0.4, -0.2) is 19.5 Å². The molecule has 1 fully saturated rings. The molecule has 0 spiro atoms. The minimum absolute atomic E-state index is 0.688. The first-order chi connectivity index (χ1) is 18.3. The summed E-state index contributed by atoms with van der Waals surface area (Å²) >= 11 is 0. The first kappa shape index (κ1) is 29.3. The summed E-state index contributed by atoms with van der Waals surface area (Å²) in [5.41, 5.74) is 2.21. The number of carbonyl (C=O) groups excluding carboxylic acids is 1. The van der Waals surface area contributed by atoms with E-state index >= 15 is 0 Å². The van der Waals surface area contributed by atoms with Crippen LogP contribution in [0.2, 0.25) is 0 Å². The number of unbranched alkanes of at least 4 members (excludes halogenated alkanes) is 9. The van der Waals surface area contributed by atoms with Crippen molar-refractivity contribution in [3.63, 3.8) is 0 Å². The summed E-state index contributed by atoms with van der Waals surface area (Å²) < 4.78 is 11.8. The van der Waals surface area contributed by atoms with Crippen molar-refractivity contribution >= 4 is 6.29 Å². The SMILES string of the molecule is CCCCCC1CCCC(c2ccc(OCCCCCCCCCCOc3ccc(C=O)cc3)cc2)C1. The zero-order valence-corrected chi connectivity index (χ0v) is 23.3. The number of benzene rings is 2. The van der Waals surface area contributed by atoms with Gasteiger partial charge in [0.1, 0.15) is 17.8 Å². The molecule has 0 aliphatic heterocycles. The Kier molecular flexibility index (Phi) is 14.3. The van der Waals surface area contributed by atoms with E-state index < -0.39 is 0 Å². The van der Waals surface area contributed by atoms with Crippen molar-refractivity contribution in [3.05, 3.63) is 59.7 Å². The van der Waals surface area contributed by atoms with Gasteiger partial charge in [0, 0.05) is 5.56 Å². The monoisotopic (exact) mass is 506 g/mol. The third-order valence-corrected chi connectivity index (χ3v) is 7.94. The van der Waals surface area contributed by atoms with Crippen LogP contribution in [0, 0.1) is 5.92 Å². The zero-order chi connectivity index (χ0) is 26.0. The fourth-order valence-electron chi connectivity index (χ4n) is 5.66. The molecule has 2 unspecified atom stereocenters. The van der Waals surface area contributed by atoms with Gasteiger partial charge in [0.25, 0.3) is 0 Å². The van der Waals surface area contributed by atoms with Gasteiger partial charge < -0.3 is 9.47 Å². The molecule has 3 heteroatoms. The third-order valence-electron chi connectivity index (χ3n) is 7.94. The summed E-state index contributed by atoms with van der Waals surface area (Å²) in [6.07, 6.45) is 21.9. The van der Waals surface area contributed by atoms with E-state index in [1.807, 2.05) is 12.1 Å². The average molecular weight is 507 g/mol. The average Bonchev–Trinajstić information content (AvgIpc) is 2.94. The molecule has 1 saturated carbocycles. The molecule has 204 valence electrons. The van der Waals surface area contributed by atoms with Crippen LogP contribution in [0.3, 0.4) is 0 Å². The summed E-state index contributed by atoms with van der Waals surface area (Å²) in [5, 5.41) is 0. The van der Waals surface area contributed by atoms with E-state index in [-0.39, 0.29) is 0 Å². The molecule has 0 N–H and O–H groups in total. The highest BCUT2D eigenvalue weighted by Gasteiger charge is 2.22. The molecular formula is C34H50O3. The second-order valence-corrected chi connectivity index (χ2v) is 11.0. The maximum atomic E-state index is 10.7. The standard InChI is InChI=1S/C34H50O3/c1-2-3-10-14-29-15-13-16-32(27-29)31-19-23-34(24-20-31)37-26-12-9-7-5-4-6-8-11-25-36-33-21-17-30(28-35)18-22-33/h17-24,28-29,32H,2-16,25-27H2,1H3. The van der Waals surface area contributed by atoms with Crippen molar-refractivity contribution in [3.8, 4) is 11.5 Å². The summed E-state index contributed by atoms with van der Waals surface area (Å²) in [6, 6.07) is 16.4. The minimum atomic E-state index is 0.688. The van der Waals surface area contributed by atoms with Crippen molar-refractivity contribution in [2.45, 2.75) is 116 Å². The van der Waals surface area contributed by atoms with Crippen LogP contribution in [0.5, 0.6) is 11.5 Å². The van der Waals surface area contributed by atoms with Gasteiger partial charge in [-0.1, -0.05) is 96.1 Å².